The van der Waals surface area contributed by atoms with Gasteiger partial charge in [0, 0.05) is 5.02 Å². The number of methoxy groups -OCH3 is 1. The van der Waals surface area contributed by atoms with Crippen molar-refractivity contribution in [3.63, 3.8) is 0 Å². The zero-order valence-electron chi connectivity index (χ0n) is 12.9. The third-order valence-electron chi connectivity index (χ3n) is 3.04. The normalized spacial score (nSPS) is 11.0. The highest BCUT2D eigenvalue weighted by Crippen LogP contribution is 2.15. The minimum absolute atomic E-state index is 0.124. The summed E-state index contributed by atoms with van der Waals surface area (Å²) >= 11 is 5.78. The van der Waals surface area contributed by atoms with Gasteiger partial charge in [-0.2, -0.15) is 5.10 Å². The number of benzene rings is 2. The molecule has 1 amide bonds. The van der Waals surface area contributed by atoms with Crippen LogP contribution in [0.2, 0.25) is 5.02 Å². The Morgan fingerprint density at radius 2 is 1.70 bits per heavy atom. The maximum atomic E-state index is 11.7. The number of rotatable bonds is 6. The molecule has 2 aromatic rings. The number of carbonyl (C=O) groups excluding carboxylic acids is 1. The van der Waals surface area contributed by atoms with Crippen LogP contribution in [0.15, 0.2) is 53.6 Å². The predicted octanol–water partition coefficient (Wildman–Crippen LogP) is 3.27. The van der Waals surface area contributed by atoms with Crippen molar-refractivity contribution in [2.75, 3.05) is 13.7 Å². The van der Waals surface area contributed by atoms with Crippen LogP contribution in [-0.4, -0.2) is 25.3 Å². The van der Waals surface area contributed by atoms with Gasteiger partial charge < -0.3 is 9.47 Å². The van der Waals surface area contributed by atoms with Crippen LogP contribution in [0.5, 0.6) is 11.5 Å². The van der Waals surface area contributed by atoms with Gasteiger partial charge in [-0.15, -0.1) is 0 Å². The highest BCUT2D eigenvalue weighted by atomic mass is 35.5. The second kappa shape index (κ2) is 8.19. The monoisotopic (exact) mass is 332 g/mol. The van der Waals surface area contributed by atoms with Gasteiger partial charge in [-0.25, -0.2) is 5.43 Å². The van der Waals surface area contributed by atoms with Crippen LogP contribution in [0.25, 0.3) is 0 Å². The summed E-state index contributed by atoms with van der Waals surface area (Å²) < 4.78 is 10.4. The molecule has 0 aromatic heterocycles. The first-order valence-electron chi connectivity index (χ1n) is 6.94. The van der Waals surface area contributed by atoms with E-state index in [1.54, 1.807) is 31.4 Å². The molecule has 23 heavy (non-hydrogen) atoms. The lowest BCUT2D eigenvalue weighted by Gasteiger charge is -2.06. The van der Waals surface area contributed by atoms with Crippen LogP contribution in [0, 0.1) is 0 Å². The van der Waals surface area contributed by atoms with Gasteiger partial charge in [0.15, 0.2) is 6.61 Å². The fraction of sp³-hybridized carbons (Fsp3) is 0.176. The Balaban J connectivity index is 1.85. The molecule has 120 valence electrons. The Hall–Kier alpha value is -2.53. The molecular weight excluding hydrogens is 316 g/mol. The van der Waals surface area contributed by atoms with Gasteiger partial charge >= 0.3 is 0 Å². The Morgan fingerprint density at radius 3 is 2.30 bits per heavy atom. The number of hydrogen-bond donors (Lipinski definition) is 1. The fourth-order valence-electron chi connectivity index (χ4n) is 1.75. The average molecular weight is 333 g/mol. The summed E-state index contributed by atoms with van der Waals surface area (Å²) in [4.78, 5) is 11.7. The van der Waals surface area contributed by atoms with E-state index in [0.29, 0.717) is 16.5 Å². The summed E-state index contributed by atoms with van der Waals surface area (Å²) in [6, 6.07) is 14.2. The summed E-state index contributed by atoms with van der Waals surface area (Å²) in [6.45, 7) is 1.68. The first-order chi connectivity index (χ1) is 11.1. The standard InChI is InChI=1S/C17H17ClN2O3/c1-12(13-3-7-15(22-2)8-4-13)19-20-17(21)11-23-16-9-5-14(18)6-10-16/h3-10H,11H2,1-2H3,(H,20,21). The number of hydrogen-bond acceptors (Lipinski definition) is 4. The third kappa shape index (κ3) is 5.30. The van der Waals surface area contributed by atoms with Crippen LogP contribution in [-0.2, 0) is 4.79 Å². The number of ether oxygens (including phenoxy) is 2. The number of amides is 1. The number of nitrogens with one attached hydrogen (secondary N) is 1. The average Bonchev–Trinajstić information content (AvgIpc) is 2.59. The van der Waals surface area contributed by atoms with Gasteiger partial charge in [0.1, 0.15) is 11.5 Å². The molecule has 0 fully saturated rings. The molecule has 5 nitrogen and oxygen atoms in total. The summed E-state index contributed by atoms with van der Waals surface area (Å²) in [6.07, 6.45) is 0. The molecule has 0 saturated heterocycles. The number of nitrogens with zero attached hydrogens (tertiary/aromatic N) is 1. The van der Waals surface area contributed by atoms with E-state index in [0.717, 1.165) is 11.3 Å². The summed E-state index contributed by atoms with van der Waals surface area (Å²) in [5.41, 5.74) is 4.04. The first-order valence-corrected chi connectivity index (χ1v) is 7.32. The van der Waals surface area contributed by atoms with E-state index in [-0.39, 0.29) is 12.5 Å². The molecule has 0 aliphatic heterocycles. The van der Waals surface area contributed by atoms with E-state index in [9.17, 15) is 4.79 Å². The van der Waals surface area contributed by atoms with Crippen LogP contribution >= 0.6 is 11.6 Å². The number of hydrazone groups is 1. The minimum Gasteiger partial charge on any atom is -0.497 e. The molecule has 2 aromatic carbocycles. The van der Waals surface area contributed by atoms with Crippen molar-refractivity contribution >= 4 is 23.2 Å². The molecule has 0 bridgehead atoms. The van der Waals surface area contributed by atoms with Gasteiger partial charge in [0.05, 0.1) is 12.8 Å². The topological polar surface area (TPSA) is 59.9 Å². The molecule has 0 saturated carbocycles. The van der Waals surface area contributed by atoms with Crippen molar-refractivity contribution in [2.24, 2.45) is 5.10 Å². The molecule has 0 heterocycles. The summed E-state index contributed by atoms with van der Waals surface area (Å²) in [5.74, 6) is 0.996. The zero-order valence-corrected chi connectivity index (χ0v) is 13.6. The SMILES string of the molecule is COc1ccc(C(C)=NNC(=O)COc2ccc(Cl)cc2)cc1. The first kappa shape index (κ1) is 16.8. The molecule has 0 spiro atoms. The maximum absolute atomic E-state index is 11.7. The Morgan fingerprint density at radius 1 is 1.09 bits per heavy atom. The number of halogens is 1. The van der Waals surface area contributed by atoms with E-state index < -0.39 is 0 Å². The van der Waals surface area contributed by atoms with Crippen molar-refractivity contribution in [2.45, 2.75) is 6.92 Å². The van der Waals surface area contributed by atoms with Gasteiger partial charge in [-0.1, -0.05) is 11.6 Å². The van der Waals surface area contributed by atoms with Crippen molar-refractivity contribution in [3.8, 4) is 11.5 Å². The summed E-state index contributed by atoms with van der Waals surface area (Å²) in [7, 11) is 1.61. The predicted molar refractivity (Wildman–Crippen MR) is 90.3 cm³/mol. The summed E-state index contributed by atoms with van der Waals surface area (Å²) in [5, 5.41) is 4.66. The highest BCUT2D eigenvalue weighted by Gasteiger charge is 2.03. The molecule has 2 rings (SSSR count). The van der Waals surface area contributed by atoms with E-state index in [4.69, 9.17) is 21.1 Å². The molecular formula is C17H17ClN2O3. The van der Waals surface area contributed by atoms with Crippen molar-refractivity contribution in [1.82, 2.24) is 5.43 Å². The molecule has 0 unspecified atom stereocenters. The Bertz CT molecular complexity index is 682. The van der Waals surface area contributed by atoms with Crippen LogP contribution < -0.4 is 14.9 Å². The van der Waals surface area contributed by atoms with E-state index >= 15 is 0 Å². The van der Waals surface area contributed by atoms with E-state index in [1.165, 1.54) is 0 Å². The lowest BCUT2D eigenvalue weighted by molar-refractivity contribution is -0.123. The molecule has 1 N–H and O–H groups in total. The molecule has 0 aliphatic rings. The van der Waals surface area contributed by atoms with E-state index in [1.807, 2.05) is 31.2 Å². The maximum Gasteiger partial charge on any atom is 0.277 e. The fourth-order valence-corrected chi connectivity index (χ4v) is 1.88. The third-order valence-corrected chi connectivity index (χ3v) is 3.29. The minimum atomic E-state index is -0.340. The van der Waals surface area contributed by atoms with Gasteiger partial charge in [0.25, 0.3) is 5.91 Å². The molecule has 0 radical (unpaired) electrons. The molecule has 6 heteroatoms. The van der Waals surface area contributed by atoms with Crippen LogP contribution in [0.4, 0.5) is 0 Å². The van der Waals surface area contributed by atoms with E-state index in [2.05, 4.69) is 10.5 Å². The smallest absolute Gasteiger partial charge is 0.277 e. The second-order valence-electron chi connectivity index (χ2n) is 4.70. The highest BCUT2D eigenvalue weighted by molar-refractivity contribution is 6.30. The Labute approximate surface area is 139 Å². The van der Waals surface area contributed by atoms with Crippen LogP contribution in [0.1, 0.15) is 12.5 Å². The molecule has 0 aliphatic carbocycles. The largest absolute Gasteiger partial charge is 0.497 e. The lowest BCUT2D eigenvalue weighted by Crippen LogP contribution is -2.25. The lowest BCUT2D eigenvalue weighted by atomic mass is 10.1. The van der Waals surface area contributed by atoms with Gasteiger partial charge in [-0.3, -0.25) is 4.79 Å². The quantitative estimate of drug-likeness (QED) is 0.652. The van der Waals surface area contributed by atoms with Gasteiger partial charge in [0.2, 0.25) is 0 Å². The second-order valence-corrected chi connectivity index (χ2v) is 5.14. The van der Waals surface area contributed by atoms with Crippen LogP contribution in [0.3, 0.4) is 0 Å². The number of carbonyl (C=O) groups is 1. The van der Waals surface area contributed by atoms with Crippen molar-refractivity contribution < 1.29 is 14.3 Å². The zero-order chi connectivity index (χ0) is 16.7. The molecule has 0 atom stereocenters. The Kier molecular flexibility index (Phi) is 6.00. The van der Waals surface area contributed by atoms with Crippen molar-refractivity contribution in [3.05, 3.63) is 59.1 Å². The van der Waals surface area contributed by atoms with Gasteiger partial charge in [-0.05, 0) is 61.0 Å². The van der Waals surface area contributed by atoms with Crippen molar-refractivity contribution in [1.29, 1.82) is 0 Å².